The monoisotopic (exact) mass is 146 g/mol. The van der Waals surface area contributed by atoms with E-state index in [2.05, 4.69) is 33.9 Å². The van der Waals surface area contributed by atoms with Crippen molar-refractivity contribution in [2.75, 3.05) is 6.61 Å². The third-order valence-corrected chi connectivity index (χ3v) is 1.68. The third-order valence-electron chi connectivity index (χ3n) is 0.850. The van der Waals surface area contributed by atoms with Crippen molar-refractivity contribution in [1.82, 2.24) is 0 Å². The molecule has 0 aromatic carbocycles. The average molecular weight is 146 g/mol. The summed E-state index contributed by atoms with van der Waals surface area (Å²) in [6.45, 7) is 11.9. The Kier molecular flexibility index (Phi) is 3.44. The van der Waals surface area contributed by atoms with E-state index in [1.54, 1.807) is 0 Å². The number of hydrogen-bond donors (Lipinski definition) is 0. The second-order valence-corrected chi connectivity index (χ2v) is 6.35. The van der Waals surface area contributed by atoms with Crippen molar-refractivity contribution in [3.63, 3.8) is 0 Å². The van der Waals surface area contributed by atoms with Crippen LogP contribution in [0.5, 0.6) is 0 Å². The molecular weight excluding hydrogens is 128 g/mol. The molecule has 0 aliphatic carbocycles. The van der Waals surface area contributed by atoms with E-state index in [9.17, 15) is 0 Å². The van der Waals surface area contributed by atoms with Gasteiger partial charge in [-0.1, -0.05) is 20.8 Å². The molecule has 0 fully saturated rings. The minimum atomic E-state index is -0.770. The summed E-state index contributed by atoms with van der Waals surface area (Å²) in [6, 6.07) is 0. The molecule has 0 radical (unpaired) electrons. The molecule has 0 spiro atoms. The number of rotatable bonds is 2. The van der Waals surface area contributed by atoms with Crippen molar-refractivity contribution in [3.05, 3.63) is 0 Å². The summed E-state index contributed by atoms with van der Waals surface area (Å²) in [5.41, 5.74) is 0.345. The van der Waals surface area contributed by atoms with Crippen molar-refractivity contribution in [3.8, 4) is 0 Å². The molecule has 0 N–H and O–H groups in total. The molecule has 0 aromatic heterocycles. The Morgan fingerprint density at radius 1 is 1.22 bits per heavy atom. The molecule has 0 bridgehead atoms. The van der Waals surface area contributed by atoms with Crippen LogP contribution in [0.1, 0.15) is 20.8 Å². The lowest BCUT2D eigenvalue weighted by Crippen LogP contribution is -2.19. The van der Waals surface area contributed by atoms with Crippen LogP contribution in [0, 0.1) is 5.41 Å². The van der Waals surface area contributed by atoms with E-state index in [1.165, 1.54) is 0 Å². The summed E-state index contributed by atoms with van der Waals surface area (Å²) in [4.78, 5) is 0. The lowest BCUT2D eigenvalue weighted by atomic mass is 9.99. The van der Waals surface area contributed by atoms with Gasteiger partial charge in [-0.2, -0.15) is 0 Å². The first-order valence-electron chi connectivity index (χ1n) is 3.53. The molecule has 2 heteroatoms. The summed E-state index contributed by atoms with van der Waals surface area (Å²) in [5.74, 6) is 0. The Balaban J connectivity index is 3.28. The molecule has 0 rings (SSSR count). The minimum Gasteiger partial charge on any atom is -0.420 e. The first-order chi connectivity index (χ1) is 3.92. The van der Waals surface area contributed by atoms with Crippen molar-refractivity contribution < 1.29 is 4.43 Å². The Bertz CT molecular complexity index is 73.5. The van der Waals surface area contributed by atoms with Gasteiger partial charge in [-0.25, -0.2) is 0 Å². The lowest BCUT2D eigenvalue weighted by Gasteiger charge is -2.19. The fraction of sp³-hybridized carbons (Fsp3) is 1.00. The van der Waals surface area contributed by atoms with E-state index in [-0.39, 0.29) is 0 Å². The fourth-order valence-electron chi connectivity index (χ4n) is 0.417. The van der Waals surface area contributed by atoms with Gasteiger partial charge in [0.25, 0.3) is 0 Å². The predicted molar refractivity (Wildman–Crippen MR) is 44.3 cm³/mol. The highest BCUT2D eigenvalue weighted by molar-refractivity contribution is 6.48. The highest BCUT2D eigenvalue weighted by atomic mass is 28.3. The van der Waals surface area contributed by atoms with Crippen molar-refractivity contribution in [2.24, 2.45) is 5.41 Å². The van der Waals surface area contributed by atoms with Gasteiger partial charge >= 0.3 is 0 Å². The lowest BCUT2D eigenvalue weighted by molar-refractivity contribution is 0.200. The third kappa shape index (κ3) is 8.18. The summed E-state index contributed by atoms with van der Waals surface area (Å²) in [5, 5.41) is 0. The van der Waals surface area contributed by atoms with E-state index < -0.39 is 9.04 Å². The van der Waals surface area contributed by atoms with E-state index >= 15 is 0 Å². The Morgan fingerprint density at radius 2 is 1.67 bits per heavy atom. The van der Waals surface area contributed by atoms with Crippen LogP contribution in [0.4, 0.5) is 0 Å². The fourth-order valence-corrected chi connectivity index (χ4v) is 1.25. The van der Waals surface area contributed by atoms with Crippen molar-refractivity contribution >= 4 is 9.04 Å². The molecule has 0 aliphatic rings. The van der Waals surface area contributed by atoms with Crippen LogP contribution in [0.2, 0.25) is 13.1 Å². The van der Waals surface area contributed by atoms with Gasteiger partial charge in [-0.3, -0.25) is 0 Å². The van der Waals surface area contributed by atoms with Crippen molar-refractivity contribution in [1.29, 1.82) is 0 Å². The highest BCUT2D eigenvalue weighted by Crippen LogP contribution is 2.12. The molecule has 0 aromatic rings. The van der Waals surface area contributed by atoms with Crippen LogP contribution in [-0.2, 0) is 4.43 Å². The normalized spacial score (nSPS) is 12.7. The first-order valence-corrected chi connectivity index (χ1v) is 6.31. The largest absolute Gasteiger partial charge is 0.420 e. The standard InChI is InChI=1S/C7H18OSi/c1-7(2,3)6-8-9(4)5/h9H,6H2,1-5H3. The smallest absolute Gasteiger partial charge is 0.170 e. The van der Waals surface area contributed by atoms with Crippen LogP contribution < -0.4 is 0 Å². The van der Waals surface area contributed by atoms with Crippen LogP contribution >= 0.6 is 0 Å². The number of hydrogen-bond acceptors (Lipinski definition) is 1. The quantitative estimate of drug-likeness (QED) is 0.542. The van der Waals surface area contributed by atoms with Crippen molar-refractivity contribution in [2.45, 2.75) is 33.9 Å². The molecule has 0 amide bonds. The highest BCUT2D eigenvalue weighted by Gasteiger charge is 2.10. The average Bonchev–Trinajstić information content (AvgIpc) is 1.59. The van der Waals surface area contributed by atoms with Gasteiger partial charge < -0.3 is 4.43 Å². The van der Waals surface area contributed by atoms with Crippen LogP contribution in [0.15, 0.2) is 0 Å². The first kappa shape index (κ1) is 9.18. The second kappa shape index (κ2) is 3.37. The summed E-state index contributed by atoms with van der Waals surface area (Å²) < 4.78 is 5.55. The molecule has 0 atom stereocenters. The molecule has 0 saturated carbocycles. The molecule has 1 nitrogen and oxygen atoms in total. The topological polar surface area (TPSA) is 9.23 Å². The van der Waals surface area contributed by atoms with Gasteiger partial charge in [-0.15, -0.1) is 0 Å². The van der Waals surface area contributed by atoms with E-state index in [4.69, 9.17) is 4.43 Å². The van der Waals surface area contributed by atoms with Crippen LogP contribution in [0.3, 0.4) is 0 Å². The van der Waals surface area contributed by atoms with E-state index in [1.807, 2.05) is 0 Å². The minimum absolute atomic E-state index is 0.345. The summed E-state index contributed by atoms with van der Waals surface area (Å²) >= 11 is 0. The molecule has 0 saturated heterocycles. The van der Waals surface area contributed by atoms with E-state index in [0.29, 0.717) is 5.41 Å². The zero-order chi connectivity index (χ0) is 7.49. The van der Waals surface area contributed by atoms with Gasteiger partial charge in [-0.05, 0) is 18.5 Å². The molecule has 0 heterocycles. The zero-order valence-electron chi connectivity index (χ0n) is 7.19. The summed E-state index contributed by atoms with van der Waals surface area (Å²) in [7, 11) is -0.770. The van der Waals surface area contributed by atoms with Gasteiger partial charge in [0.05, 0.1) is 0 Å². The predicted octanol–water partition coefficient (Wildman–Crippen LogP) is 2.03. The Hall–Kier alpha value is 0.177. The Morgan fingerprint density at radius 3 is 1.78 bits per heavy atom. The maximum absolute atomic E-state index is 5.55. The van der Waals surface area contributed by atoms with Crippen LogP contribution in [0.25, 0.3) is 0 Å². The molecule has 56 valence electrons. The molecular formula is C7H18OSi. The van der Waals surface area contributed by atoms with Gasteiger partial charge in [0.1, 0.15) is 0 Å². The Labute approximate surface area is 60.1 Å². The zero-order valence-corrected chi connectivity index (χ0v) is 8.35. The van der Waals surface area contributed by atoms with Gasteiger partial charge in [0.2, 0.25) is 0 Å². The van der Waals surface area contributed by atoms with Crippen LogP contribution in [-0.4, -0.2) is 15.6 Å². The van der Waals surface area contributed by atoms with Gasteiger partial charge in [0.15, 0.2) is 9.04 Å². The SMILES string of the molecule is C[SiH](C)OCC(C)(C)C. The second-order valence-electron chi connectivity index (χ2n) is 3.92. The molecule has 0 aliphatic heterocycles. The molecule has 0 unspecified atom stereocenters. The van der Waals surface area contributed by atoms with Gasteiger partial charge in [0, 0.05) is 6.61 Å². The van der Waals surface area contributed by atoms with E-state index in [0.717, 1.165) is 6.61 Å². The molecule has 9 heavy (non-hydrogen) atoms. The summed E-state index contributed by atoms with van der Waals surface area (Å²) in [6.07, 6.45) is 0. The maximum Gasteiger partial charge on any atom is 0.170 e. The maximum atomic E-state index is 5.55.